The van der Waals surface area contributed by atoms with Gasteiger partial charge in [0.05, 0.1) is 6.54 Å². The fourth-order valence-corrected chi connectivity index (χ4v) is 2.40. The quantitative estimate of drug-likeness (QED) is 0.825. The summed E-state index contributed by atoms with van der Waals surface area (Å²) in [5, 5.41) is 2.76. The summed E-state index contributed by atoms with van der Waals surface area (Å²) in [6.45, 7) is 8.11. The van der Waals surface area contributed by atoms with E-state index in [1.54, 1.807) is 12.1 Å². The molecule has 0 heterocycles. The van der Waals surface area contributed by atoms with E-state index in [0.29, 0.717) is 5.56 Å². The van der Waals surface area contributed by atoms with E-state index in [1.165, 1.54) is 6.42 Å². The Hall–Kier alpha value is -1.64. The van der Waals surface area contributed by atoms with Gasteiger partial charge in [-0.25, -0.2) is 0 Å². The third-order valence-electron chi connectivity index (χ3n) is 3.49. The van der Waals surface area contributed by atoms with Crippen molar-refractivity contribution in [3.05, 3.63) is 35.9 Å². The third-order valence-corrected chi connectivity index (χ3v) is 3.49. The van der Waals surface area contributed by atoms with Gasteiger partial charge in [0.2, 0.25) is 5.91 Å². The molecule has 1 saturated carbocycles. The molecule has 0 radical (unpaired) electrons. The Kier molecular flexibility index (Phi) is 12.1. The predicted molar refractivity (Wildman–Crippen MR) is 93.1 cm³/mol. The summed E-state index contributed by atoms with van der Waals surface area (Å²) >= 11 is 0. The van der Waals surface area contributed by atoms with E-state index in [0.717, 1.165) is 25.7 Å². The molecule has 1 N–H and O–H groups in total. The highest BCUT2D eigenvalue weighted by Crippen LogP contribution is 2.23. The molecular weight excluding hydrogens is 274 g/mol. The Bertz CT molecular complexity index is 409. The zero-order chi connectivity index (χ0) is 16.8. The van der Waals surface area contributed by atoms with Gasteiger partial charge in [-0.15, -0.1) is 0 Å². The highest BCUT2D eigenvalue weighted by molar-refractivity contribution is 5.99. The number of hydrogen-bond acceptors (Lipinski definition) is 2. The minimum Gasteiger partial charge on any atom is -0.348 e. The van der Waals surface area contributed by atoms with Gasteiger partial charge < -0.3 is 5.32 Å². The topological polar surface area (TPSA) is 46.2 Å². The lowest BCUT2D eigenvalue weighted by molar-refractivity contribution is -0.125. The molecule has 22 heavy (non-hydrogen) atoms. The number of rotatable bonds is 4. The van der Waals surface area contributed by atoms with Crippen molar-refractivity contribution >= 4 is 11.7 Å². The van der Waals surface area contributed by atoms with E-state index in [-0.39, 0.29) is 24.2 Å². The van der Waals surface area contributed by atoms with E-state index in [2.05, 4.69) is 5.32 Å². The third kappa shape index (κ3) is 7.39. The average Bonchev–Trinajstić information content (AvgIpc) is 2.64. The number of carbonyl (C=O) groups is 2. The monoisotopic (exact) mass is 305 g/mol. The van der Waals surface area contributed by atoms with Gasteiger partial charge in [-0.05, 0) is 12.8 Å². The molecule has 1 aliphatic rings. The summed E-state index contributed by atoms with van der Waals surface area (Å²) in [6, 6.07) is 9.08. The molecule has 0 aromatic heterocycles. The van der Waals surface area contributed by atoms with E-state index >= 15 is 0 Å². The molecule has 3 nitrogen and oxygen atoms in total. The molecule has 0 spiro atoms. The fourth-order valence-electron chi connectivity index (χ4n) is 2.40. The fraction of sp³-hybridized carbons (Fsp3) is 0.579. The van der Waals surface area contributed by atoms with Crippen molar-refractivity contribution in [1.82, 2.24) is 5.32 Å². The van der Waals surface area contributed by atoms with Crippen LogP contribution >= 0.6 is 0 Å². The van der Waals surface area contributed by atoms with Crippen molar-refractivity contribution in [2.75, 3.05) is 6.54 Å². The zero-order valence-electron chi connectivity index (χ0n) is 14.5. The second kappa shape index (κ2) is 13.1. The molecule has 0 bridgehead atoms. The van der Waals surface area contributed by atoms with Crippen LogP contribution in [0.1, 0.15) is 70.2 Å². The lowest BCUT2D eigenvalue weighted by atomic mass is 9.88. The number of ketones is 1. The lowest BCUT2D eigenvalue weighted by Gasteiger charge is -2.20. The van der Waals surface area contributed by atoms with Gasteiger partial charge in [0.15, 0.2) is 5.78 Å². The first-order valence-corrected chi connectivity index (χ1v) is 8.63. The molecule has 1 aromatic carbocycles. The minimum absolute atomic E-state index is 0.0280. The van der Waals surface area contributed by atoms with Crippen LogP contribution in [0.25, 0.3) is 0 Å². The van der Waals surface area contributed by atoms with Crippen molar-refractivity contribution in [2.24, 2.45) is 5.92 Å². The van der Waals surface area contributed by atoms with Gasteiger partial charge in [-0.1, -0.05) is 77.3 Å². The number of carbonyl (C=O) groups excluding carboxylic acids is 2. The Morgan fingerprint density at radius 2 is 1.50 bits per heavy atom. The van der Waals surface area contributed by atoms with Crippen LogP contribution in [0.5, 0.6) is 0 Å². The number of hydrogen-bond donors (Lipinski definition) is 1. The summed E-state index contributed by atoms with van der Waals surface area (Å²) in [7, 11) is 0. The van der Waals surface area contributed by atoms with Crippen LogP contribution in [0.15, 0.2) is 30.3 Å². The highest BCUT2D eigenvalue weighted by Gasteiger charge is 2.21. The molecule has 2 rings (SSSR count). The largest absolute Gasteiger partial charge is 0.348 e. The molecule has 3 heteroatoms. The molecule has 0 aliphatic heterocycles. The summed E-state index contributed by atoms with van der Waals surface area (Å²) < 4.78 is 0. The zero-order valence-corrected chi connectivity index (χ0v) is 14.5. The molecule has 0 atom stereocenters. The minimum atomic E-state index is -0.0280. The smallest absolute Gasteiger partial charge is 0.223 e. The van der Waals surface area contributed by atoms with Gasteiger partial charge in [-0.2, -0.15) is 0 Å². The second-order valence-corrected chi connectivity index (χ2v) is 4.84. The van der Waals surface area contributed by atoms with Gasteiger partial charge in [-0.3, -0.25) is 9.59 Å². The SMILES string of the molecule is CC.CC.O=C(CNC(=O)C1CCCCC1)c1ccccc1. The van der Waals surface area contributed by atoms with Crippen molar-refractivity contribution in [3.63, 3.8) is 0 Å². The first-order valence-electron chi connectivity index (χ1n) is 8.63. The molecule has 1 aliphatic carbocycles. The second-order valence-electron chi connectivity index (χ2n) is 4.84. The van der Waals surface area contributed by atoms with Crippen molar-refractivity contribution in [1.29, 1.82) is 0 Å². The maximum Gasteiger partial charge on any atom is 0.223 e. The number of benzene rings is 1. The molecular formula is C19H31NO2. The number of amides is 1. The normalized spacial score (nSPS) is 13.8. The molecule has 0 unspecified atom stereocenters. The van der Waals surface area contributed by atoms with Gasteiger partial charge in [0.25, 0.3) is 0 Å². The Morgan fingerprint density at radius 1 is 0.955 bits per heavy atom. The summed E-state index contributed by atoms with van der Waals surface area (Å²) in [6.07, 6.45) is 5.42. The first-order chi connectivity index (χ1) is 10.8. The van der Waals surface area contributed by atoms with Crippen LogP contribution in [0.4, 0.5) is 0 Å². The van der Waals surface area contributed by atoms with Gasteiger partial charge >= 0.3 is 0 Å². The Balaban J connectivity index is 0.00000102. The number of Topliss-reactive ketones (excluding diaryl/α,β-unsaturated/α-hetero) is 1. The highest BCUT2D eigenvalue weighted by atomic mass is 16.2. The molecule has 124 valence electrons. The van der Waals surface area contributed by atoms with Gasteiger partial charge in [0, 0.05) is 11.5 Å². The maximum absolute atomic E-state index is 11.9. The molecule has 1 aromatic rings. The van der Waals surface area contributed by atoms with E-state index in [4.69, 9.17) is 0 Å². The molecule has 0 saturated heterocycles. The van der Waals surface area contributed by atoms with Crippen molar-refractivity contribution < 1.29 is 9.59 Å². The average molecular weight is 305 g/mol. The van der Waals surface area contributed by atoms with E-state index in [9.17, 15) is 9.59 Å². The van der Waals surface area contributed by atoms with Crippen LogP contribution in [0.3, 0.4) is 0 Å². The summed E-state index contributed by atoms with van der Waals surface area (Å²) in [5.41, 5.74) is 0.654. The molecule has 1 amide bonds. The van der Waals surface area contributed by atoms with Crippen LogP contribution in [-0.2, 0) is 4.79 Å². The standard InChI is InChI=1S/C15H19NO2.2C2H6/c17-14(12-7-3-1-4-8-12)11-16-15(18)13-9-5-2-6-10-13;2*1-2/h1,3-4,7-8,13H,2,5-6,9-11H2,(H,16,18);2*1-2H3. The lowest BCUT2D eigenvalue weighted by Crippen LogP contribution is -2.35. The predicted octanol–water partition coefficient (Wildman–Crippen LogP) is 4.62. The van der Waals surface area contributed by atoms with E-state index < -0.39 is 0 Å². The van der Waals surface area contributed by atoms with Crippen LogP contribution in [0, 0.1) is 5.92 Å². The Labute approximate surface area is 135 Å². The number of nitrogens with one attached hydrogen (secondary N) is 1. The first kappa shape index (κ1) is 20.4. The van der Waals surface area contributed by atoms with E-state index in [1.807, 2.05) is 45.9 Å². The van der Waals surface area contributed by atoms with Gasteiger partial charge in [0.1, 0.15) is 0 Å². The van der Waals surface area contributed by atoms with Crippen molar-refractivity contribution in [2.45, 2.75) is 59.8 Å². The summed E-state index contributed by atoms with van der Waals surface area (Å²) in [5.74, 6) is 0.126. The van der Waals surface area contributed by atoms with Crippen LogP contribution in [0.2, 0.25) is 0 Å². The maximum atomic E-state index is 11.9. The Morgan fingerprint density at radius 3 is 2.05 bits per heavy atom. The van der Waals surface area contributed by atoms with Crippen molar-refractivity contribution in [3.8, 4) is 0 Å². The van der Waals surface area contributed by atoms with Crippen LogP contribution < -0.4 is 5.32 Å². The summed E-state index contributed by atoms with van der Waals surface area (Å²) in [4.78, 5) is 23.7. The van der Waals surface area contributed by atoms with Crippen LogP contribution in [-0.4, -0.2) is 18.2 Å². The molecule has 1 fully saturated rings.